The van der Waals surface area contributed by atoms with E-state index in [-0.39, 0.29) is 5.91 Å². The largest absolute Gasteiger partial charge is 0.335 e. The summed E-state index contributed by atoms with van der Waals surface area (Å²) in [5, 5.41) is 0.712. The monoisotopic (exact) mass is 430 g/mol. The third kappa shape index (κ3) is 4.33. The van der Waals surface area contributed by atoms with E-state index in [1.165, 1.54) is 5.56 Å². The van der Waals surface area contributed by atoms with Crippen LogP contribution in [0.1, 0.15) is 16.1 Å². The Labute approximate surface area is 186 Å². The number of amides is 1. The number of hydrogen-bond acceptors (Lipinski definition) is 3. The number of piperazine rings is 1. The second-order valence-corrected chi connectivity index (χ2v) is 8.31. The third-order valence-electron chi connectivity index (χ3n) is 5.76. The van der Waals surface area contributed by atoms with Crippen LogP contribution in [0.5, 0.6) is 0 Å². The molecule has 1 aliphatic heterocycles. The Hall–Kier alpha value is -3.15. The van der Waals surface area contributed by atoms with Crippen LogP contribution in [0.3, 0.4) is 0 Å². The van der Waals surface area contributed by atoms with Gasteiger partial charge in [-0.1, -0.05) is 54.1 Å². The van der Waals surface area contributed by atoms with Crippen LogP contribution in [0.15, 0.2) is 79.1 Å². The minimum absolute atomic E-state index is 0.00361. The Balaban J connectivity index is 1.27. The maximum absolute atomic E-state index is 13.0. The first-order valence-corrected chi connectivity index (χ1v) is 10.8. The van der Waals surface area contributed by atoms with Crippen molar-refractivity contribution in [3.8, 4) is 11.1 Å². The van der Waals surface area contributed by atoms with Gasteiger partial charge in [0.25, 0.3) is 5.91 Å². The molecule has 2 aromatic heterocycles. The van der Waals surface area contributed by atoms with Crippen molar-refractivity contribution < 1.29 is 4.79 Å². The van der Waals surface area contributed by atoms with Crippen LogP contribution < -0.4 is 0 Å². The van der Waals surface area contributed by atoms with Crippen LogP contribution >= 0.6 is 11.6 Å². The Morgan fingerprint density at radius 3 is 2.29 bits per heavy atom. The Bertz CT molecular complexity index is 1200. The summed E-state index contributed by atoms with van der Waals surface area (Å²) in [6, 6.07) is 22.1. The molecule has 0 radical (unpaired) electrons. The predicted octanol–water partition coefficient (Wildman–Crippen LogP) is 4.61. The number of fused-ring (bicyclic) bond motifs is 1. The number of halogens is 1. The summed E-state index contributed by atoms with van der Waals surface area (Å²) in [6.45, 7) is 4.10. The standard InChI is InChI=1S/C25H23ClN4O/c26-22-9-6-20(7-10-22)21-8-11-24-27-23(18-30(24)17-21)25(31)29-14-12-28(13-15-29)16-19-4-2-1-3-5-19/h1-11,17-18H,12-16H2. The minimum atomic E-state index is -0.00361. The number of carbonyl (C=O) groups excluding carboxylic acids is 1. The molecule has 5 nitrogen and oxygen atoms in total. The highest BCUT2D eigenvalue weighted by atomic mass is 35.5. The molecule has 0 unspecified atom stereocenters. The lowest BCUT2D eigenvalue weighted by molar-refractivity contribution is 0.0623. The van der Waals surface area contributed by atoms with Gasteiger partial charge < -0.3 is 9.30 Å². The van der Waals surface area contributed by atoms with Crippen molar-refractivity contribution in [1.29, 1.82) is 0 Å². The Kier molecular flexibility index (Phi) is 5.45. The average Bonchev–Trinajstić information content (AvgIpc) is 3.24. The van der Waals surface area contributed by atoms with Crippen LogP contribution in [0.2, 0.25) is 5.02 Å². The second-order valence-electron chi connectivity index (χ2n) is 7.87. The van der Waals surface area contributed by atoms with Crippen molar-refractivity contribution in [2.45, 2.75) is 6.54 Å². The van der Waals surface area contributed by atoms with Crippen molar-refractivity contribution in [2.75, 3.05) is 26.2 Å². The molecular formula is C25H23ClN4O. The van der Waals surface area contributed by atoms with Gasteiger partial charge in [-0.15, -0.1) is 0 Å². The molecule has 0 bridgehead atoms. The van der Waals surface area contributed by atoms with Gasteiger partial charge in [0.15, 0.2) is 0 Å². The van der Waals surface area contributed by atoms with Gasteiger partial charge in [0.1, 0.15) is 11.3 Å². The fourth-order valence-electron chi connectivity index (χ4n) is 4.02. The molecule has 1 amide bonds. The van der Waals surface area contributed by atoms with E-state index in [0.717, 1.165) is 49.5 Å². The first kappa shape index (κ1) is 19.8. The van der Waals surface area contributed by atoms with E-state index >= 15 is 0 Å². The molecule has 3 heterocycles. The predicted molar refractivity (Wildman–Crippen MR) is 123 cm³/mol. The van der Waals surface area contributed by atoms with E-state index < -0.39 is 0 Å². The SMILES string of the molecule is O=C(c1cn2cc(-c3ccc(Cl)cc3)ccc2n1)N1CCN(Cc2ccccc2)CC1. The first-order chi connectivity index (χ1) is 15.2. The molecule has 1 fully saturated rings. The lowest BCUT2D eigenvalue weighted by Crippen LogP contribution is -2.48. The number of benzene rings is 2. The number of nitrogens with zero attached hydrogens (tertiary/aromatic N) is 4. The van der Waals surface area contributed by atoms with E-state index in [4.69, 9.17) is 11.6 Å². The van der Waals surface area contributed by atoms with Crippen LogP contribution in [-0.2, 0) is 6.54 Å². The molecule has 0 aliphatic carbocycles. The van der Waals surface area contributed by atoms with E-state index in [1.54, 1.807) is 0 Å². The van der Waals surface area contributed by atoms with Gasteiger partial charge in [0.2, 0.25) is 0 Å². The summed E-state index contributed by atoms with van der Waals surface area (Å²) in [7, 11) is 0. The van der Waals surface area contributed by atoms with Gasteiger partial charge in [-0.05, 0) is 41.0 Å². The first-order valence-electron chi connectivity index (χ1n) is 10.5. The molecule has 4 aromatic rings. The number of pyridine rings is 1. The van der Waals surface area contributed by atoms with Crippen molar-refractivity contribution in [3.05, 3.63) is 95.4 Å². The van der Waals surface area contributed by atoms with E-state index in [2.05, 4.69) is 34.1 Å². The molecule has 1 saturated heterocycles. The van der Waals surface area contributed by atoms with Gasteiger partial charge >= 0.3 is 0 Å². The quantitative estimate of drug-likeness (QED) is 0.474. The lowest BCUT2D eigenvalue weighted by Gasteiger charge is -2.34. The zero-order valence-electron chi connectivity index (χ0n) is 17.1. The lowest BCUT2D eigenvalue weighted by atomic mass is 10.1. The summed E-state index contributed by atoms with van der Waals surface area (Å²) in [6.07, 6.45) is 3.83. The summed E-state index contributed by atoms with van der Waals surface area (Å²) in [5.74, 6) is -0.00361. The molecule has 0 spiro atoms. The highest BCUT2D eigenvalue weighted by Gasteiger charge is 2.24. The van der Waals surface area contributed by atoms with Gasteiger partial charge in [0, 0.05) is 50.1 Å². The summed E-state index contributed by atoms with van der Waals surface area (Å²) < 4.78 is 1.92. The molecule has 0 N–H and O–H groups in total. The van der Waals surface area contributed by atoms with Gasteiger partial charge in [-0.3, -0.25) is 9.69 Å². The maximum atomic E-state index is 13.0. The van der Waals surface area contributed by atoms with Gasteiger partial charge in [0.05, 0.1) is 0 Å². The molecule has 156 valence electrons. The van der Waals surface area contributed by atoms with E-state index in [0.29, 0.717) is 10.7 Å². The Morgan fingerprint density at radius 2 is 1.55 bits per heavy atom. The van der Waals surface area contributed by atoms with Crippen molar-refractivity contribution >= 4 is 23.2 Å². The zero-order chi connectivity index (χ0) is 21.2. The molecule has 1 aliphatic rings. The summed E-state index contributed by atoms with van der Waals surface area (Å²) >= 11 is 6.00. The smallest absolute Gasteiger partial charge is 0.274 e. The summed E-state index contributed by atoms with van der Waals surface area (Å²) in [4.78, 5) is 21.9. The molecule has 0 saturated carbocycles. The molecule has 5 rings (SSSR count). The molecule has 2 aromatic carbocycles. The fraction of sp³-hybridized carbons (Fsp3) is 0.200. The average molecular weight is 431 g/mol. The molecular weight excluding hydrogens is 408 g/mol. The topological polar surface area (TPSA) is 40.9 Å². The third-order valence-corrected chi connectivity index (χ3v) is 6.01. The zero-order valence-corrected chi connectivity index (χ0v) is 17.9. The van der Waals surface area contributed by atoms with E-state index in [9.17, 15) is 4.79 Å². The number of rotatable bonds is 4. The highest BCUT2D eigenvalue weighted by molar-refractivity contribution is 6.30. The van der Waals surface area contributed by atoms with Crippen LogP contribution in [0.25, 0.3) is 16.8 Å². The van der Waals surface area contributed by atoms with Crippen molar-refractivity contribution in [2.24, 2.45) is 0 Å². The van der Waals surface area contributed by atoms with E-state index in [1.807, 2.05) is 64.2 Å². The number of aromatic nitrogens is 2. The van der Waals surface area contributed by atoms with Gasteiger partial charge in [-0.2, -0.15) is 0 Å². The van der Waals surface area contributed by atoms with Gasteiger partial charge in [-0.25, -0.2) is 4.98 Å². The second kappa shape index (κ2) is 8.53. The highest BCUT2D eigenvalue weighted by Crippen LogP contribution is 2.22. The summed E-state index contributed by atoms with van der Waals surface area (Å²) in [5.41, 5.74) is 4.69. The number of imidazole rings is 1. The van der Waals surface area contributed by atoms with Crippen LogP contribution in [0, 0.1) is 0 Å². The molecule has 31 heavy (non-hydrogen) atoms. The molecule has 0 atom stereocenters. The van der Waals surface area contributed by atoms with Crippen molar-refractivity contribution in [1.82, 2.24) is 19.2 Å². The van der Waals surface area contributed by atoms with Crippen LogP contribution in [-0.4, -0.2) is 51.3 Å². The fourth-order valence-corrected chi connectivity index (χ4v) is 4.15. The number of carbonyl (C=O) groups is 1. The normalized spacial score (nSPS) is 14.8. The number of hydrogen-bond donors (Lipinski definition) is 0. The van der Waals surface area contributed by atoms with Crippen LogP contribution in [0.4, 0.5) is 0 Å². The minimum Gasteiger partial charge on any atom is -0.335 e. The molecule has 6 heteroatoms. The van der Waals surface area contributed by atoms with Crippen molar-refractivity contribution in [3.63, 3.8) is 0 Å². The maximum Gasteiger partial charge on any atom is 0.274 e. The Morgan fingerprint density at radius 1 is 0.839 bits per heavy atom.